The van der Waals surface area contributed by atoms with Crippen molar-refractivity contribution in [3.8, 4) is 0 Å². The molecule has 0 radical (unpaired) electrons. The van der Waals surface area contributed by atoms with E-state index in [2.05, 4.69) is 5.32 Å². The second kappa shape index (κ2) is 11.5. The molecule has 2 amide bonds. The topological polar surface area (TPSA) is 86.8 Å². The van der Waals surface area contributed by atoms with Crippen LogP contribution in [0.15, 0.2) is 42.5 Å². The van der Waals surface area contributed by atoms with Crippen LogP contribution in [0.25, 0.3) is 0 Å². The Morgan fingerprint density at radius 3 is 2.15 bits per heavy atom. The predicted molar refractivity (Wildman–Crippen MR) is 133 cm³/mol. The fourth-order valence-corrected chi connectivity index (χ4v) is 4.75. The van der Waals surface area contributed by atoms with Crippen LogP contribution in [0, 0.1) is 13.8 Å². The summed E-state index contributed by atoms with van der Waals surface area (Å²) >= 11 is 5.95. The molecular weight excluding hydrogens is 462 g/mol. The molecule has 9 heteroatoms. The number of anilines is 1. The van der Waals surface area contributed by atoms with Gasteiger partial charge in [-0.25, -0.2) is 8.42 Å². The van der Waals surface area contributed by atoms with Gasteiger partial charge in [0.2, 0.25) is 21.8 Å². The molecule has 0 aliphatic heterocycles. The molecule has 33 heavy (non-hydrogen) atoms. The summed E-state index contributed by atoms with van der Waals surface area (Å²) in [5, 5.41) is 3.17. The van der Waals surface area contributed by atoms with Crippen molar-refractivity contribution in [3.05, 3.63) is 64.2 Å². The summed E-state index contributed by atoms with van der Waals surface area (Å²) in [5.41, 5.74) is 3.35. The van der Waals surface area contributed by atoms with Gasteiger partial charge >= 0.3 is 0 Å². The Kier molecular flexibility index (Phi) is 9.31. The van der Waals surface area contributed by atoms with Crippen molar-refractivity contribution in [1.82, 2.24) is 10.2 Å². The minimum absolute atomic E-state index is 0.103. The van der Waals surface area contributed by atoms with E-state index in [1.165, 1.54) is 16.3 Å². The van der Waals surface area contributed by atoms with Gasteiger partial charge in [-0.1, -0.05) is 29.8 Å². The number of aryl methyl sites for hydroxylation is 2. The minimum Gasteiger partial charge on any atom is -0.357 e. The normalized spacial score (nSPS) is 12.2. The fraction of sp³-hybridized carbons (Fsp3) is 0.417. The first-order valence-electron chi connectivity index (χ1n) is 10.7. The van der Waals surface area contributed by atoms with Crippen LogP contribution in [0.4, 0.5) is 5.69 Å². The largest absolute Gasteiger partial charge is 0.357 e. The highest BCUT2D eigenvalue weighted by Gasteiger charge is 2.26. The summed E-state index contributed by atoms with van der Waals surface area (Å²) < 4.78 is 26.2. The molecule has 2 aromatic carbocycles. The Labute approximate surface area is 201 Å². The molecule has 0 aliphatic carbocycles. The molecule has 180 valence electrons. The molecule has 0 saturated carbocycles. The van der Waals surface area contributed by atoms with Gasteiger partial charge in [0.05, 0.1) is 11.9 Å². The highest BCUT2D eigenvalue weighted by molar-refractivity contribution is 7.92. The average molecular weight is 494 g/mol. The minimum atomic E-state index is -3.52. The highest BCUT2D eigenvalue weighted by Crippen LogP contribution is 2.22. The Balaban J connectivity index is 2.16. The van der Waals surface area contributed by atoms with Crippen molar-refractivity contribution < 1.29 is 18.0 Å². The number of carbonyl (C=O) groups is 2. The van der Waals surface area contributed by atoms with E-state index < -0.39 is 16.1 Å². The first-order chi connectivity index (χ1) is 15.4. The van der Waals surface area contributed by atoms with Gasteiger partial charge in [0.1, 0.15) is 6.04 Å². The van der Waals surface area contributed by atoms with Crippen LogP contribution in [0.2, 0.25) is 5.02 Å². The summed E-state index contributed by atoms with van der Waals surface area (Å²) in [5.74, 6) is -0.500. The number of amides is 2. The third-order valence-electron chi connectivity index (χ3n) is 5.33. The van der Waals surface area contributed by atoms with Crippen LogP contribution in [0.1, 0.15) is 36.5 Å². The summed E-state index contributed by atoms with van der Waals surface area (Å²) in [6.45, 7) is 5.91. The van der Waals surface area contributed by atoms with Crippen LogP contribution in [-0.2, 0) is 26.2 Å². The van der Waals surface area contributed by atoms with Gasteiger partial charge in [-0.05, 0) is 68.1 Å². The van der Waals surface area contributed by atoms with E-state index in [0.29, 0.717) is 17.1 Å². The van der Waals surface area contributed by atoms with Crippen molar-refractivity contribution in [1.29, 1.82) is 0 Å². The molecule has 0 fully saturated rings. The Morgan fingerprint density at radius 1 is 1.06 bits per heavy atom. The van der Waals surface area contributed by atoms with Gasteiger partial charge in [-0.3, -0.25) is 13.9 Å². The van der Waals surface area contributed by atoms with Crippen LogP contribution < -0.4 is 9.62 Å². The third-order valence-corrected chi connectivity index (χ3v) is 6.77. The summed E-state index contributed by atoms with van der Waals surface area (Å²) in [6.07, 6.45) is 1.58. The Hall–Kier alpha value is -2.58. The molecule has 2 aromatic rings. The van der Waals surface area contributed by atoms with Crippen molar-refractivity contribution in [2.45, 2.75) is 46.2 Å². The van der Waals surface area contributed by atoms with E-state index in [0.717, 1.165) is 22.9 Å². The van der Waals surface area contributed by atoms with Crippen molar-refractivity contribution in [3.63, 3.8) is 0 Å². The van der Waals surface area contributed by atoms with Crippen molar-refractivity contribution in [2.75, 3.05) is 24.2 Å². The number of hydrogen-bond donors (Lipinski definition) is 1. The van der Waals surface area contributed by atoms with Gasteiger partial charge in [0.25, 0.3) is 0 Å². The smallest absolute Gasteiger partial charge is 0.242 e. The molecular formula is C24H32ClN3O4S. The Bertz CT molecular complexity index is 1070. The highest BCUT2D eigenvalue weighted by atomic mass is 35.5. The lowest BCUT2D eigenvalue weighted by molar-refractivity contribution is -0.140. The monoisotopic (exact) mass is 493 g/mol. The molecule has 0 aromatic heterocycles. The zero-order valence-electron chi connectivity index (χ0n) is 19.8. The second-order valence-corrected chi connectivity index (χ2v) is 10.6. The van der Waals surface area contributed by atoms with Gasteiger partial charge < -0.3 is 10.2 Å². The summed E-state index contributed by atoms with van der Waals surface area (Å²) in [6, 6.07) is 12.0. The van der Waals surface area contributed by atoms with Crippen LogP contribution in [-0.4, -0.2) is 51.0 Å². The number of carbonyl (C=O) groups excluding carboxylic acids is 2. The molecule has 0 heterocycles. The Morgan fingerprint density at radius 2 is 1.64 bits per heavy atom. The number of likely N-dealkylation sites (N-methyl/N-ethyl adjacent to an activating group) is 1. The molecule has 1 N–H and O–H groups in total. The van der Waals surface area contributed by atoms with Crippen molar-refractivity contribution in [2.24, 2.45) is 0 Å². The number of rotatable bonds is 10. The zero-order valence-corrected chi connectivity index (χ0v) is 21.3. The lowest BCUT2D eigenvalue weighted by Gasteiger charge is -2.29. The van der Waals surface area contributed by atoms with E-state index in [-0.39, 0.29) is 31.3 Å². The van der Waals surface area contributed by atoms with E-state index in [9.17, 15) is 18.0 Å². The predicted octanol–water partition coefficient (Wildman–Crippen LogP) is 3.67. The van der Waals surface area contributed by atoms with Crippen LogP contribution >= 0.6 is 11.6 Å². The zero-order chi connectivity index (χ0) is 24.8. The molecule has 2 rings (SSSR count). The maximum absolute atomic E-state index is 13.1. The van der Waals surface area contributed by atoms with E-state index >= 15 is 0 Å². The fourth-order valence-electron chi connectivity index (χ4n) is 3.68. The summed E-state index contributed by atoms with van der Waals surface area (Å²) in [4.78, 5) is 26.9. The maximum atomic E-state index is 13.1. The quantitative estimate of drug-likeness (QED) is 0.547. The molecule has 1 atom stereocenters. The first-order valence-corrected chi connectivity index (χ1v) is 13.0. The number of benzene rings is 2. The number of halogens is 1. The SMILES string of the molecule is CNC(=O)C(C)N(Cc1ccc(Cl)cc1)C(=O)CCCN(c1cc(C)cc(C)c1)S(C)(=O)=O. The van der Waals surface area contributed by atoms with Gasteiger partial charge in [-0.2, -0.15) is 0 Å². The van der Waals surface area contributed by atoms with E-state index in [1.54, 1.807) is 19.1 Å². The molecule has 0 aliphatic rings. The molecule has 0 saturated heterocycles. The van der Waals surface area contributed by atoms with Gasteiger partial charge in [-0.15, -0.1) is 0 Å². The van der Waals surface area contributed by atoms with Crippen LogP contribution in [0.3, 0.4) is 0 Å². The maximum Gasteiger partial charge on any atom is 0.242 e. The van der Waals surface area contributed by atoms with Gasteiger partial charge in [0, 0.05) is 31.6 Å². The first kappa shape index (κ1) is 26.7. The van der Waals surface area contributed by atoms with Crippen molar-refractivity contribution >= 4 is 39.1 Å². The number of sulfonamides is 1. The van der Waals surface area contributed by atoms with Crippen LogP contribution in [0.5, 0.6) is 0 Å². The molecule has 0 spiro atoms. The number of hydrogen-bond acceptors (Lipinski definition) is 4. The number of nitrogens with zero attached hydrogens (tertiary/aromatic N) is 2. The number of nitrogens with one attached hydrogen (secondary N) is 1. The van der Waals surface area contributed by atoms with E-state index in [1.807, 2.05) is 44.2 Å². The molecule has 0 bridgehead atoms. The molecule has 1 unspecified atom stereocenters. The average Bonchev–Trinajstić information content (AvgIpc) is 2.73. The van der Waals surface area contributed by atoms with Gasteiger partial charge in [0.15, 0.2) is 0 Å². The third kappa shape index (κ3) is 7.75. The van der Waals surface area contributed by atoms with E-state index in [4.69, 9.17) is 11.6 Å². The standard InChI is InChI=1S/C24H32ClN3O4S/c1-17-13-18(2)15-22(14-17)28(33(5,31)32)12-6-7-23(29)27(19(3)24(30)26-4)16-20-8-10-21(25)11-9-20/h8-11,13-15,19H,6-7,12,16H2,1-5H3,(H,26,30). The molecule has 7 nitrogen and oxygen atoms in total. The lowest BCUT2D eigenvalue weighted by atomic mass is 10.1. The summed E-state index contributed by atoms with van der Waals surface area (Å²) in [7, 11) is -2.00. The second-order valence-electron chi connectivity index (χ2n) is 8.22. The lowest BCUT2D eigenvalue weighted by Crippen LogP contribution is -2.46.